The highest BCUT2D eigenvalue weighted by molar-refractivity contribution is 7.84. The molecule has 13 heteroatoms. The van der Waals surface area contributed by atoms with Gasteiger partial charge in [-0.25, -0.2) is 19.8 Å². The van der Waals surface area contributed by atoms with Gasteiger partial charge in [0.2, 0.25) is 0 Å². The Bertz CT molecular complexity index is 1370. The predicted octanol–water partition coefficient (Wildman–Crippen LogP) is 0.932. The van der Waals surface area contributed by atoms with E-state index in [1.165, 1.54) is 17.5 Å². The van der Waals surface area contributed by atoms with Crippen molar-refractivity contribution in [1.29, 1.82) is 0 Å². The second kappa shape index (κ2) is 8.99. The number of hydrogen-bond donors (Lipinski definition) is 4. The zero-order valence-electron chi connectivity index (χ0n) is 19.7. The van der Waals surface area contributed by atoms with E-state index in [0.29, 0.717) is 29.8 Å². The lowest BCUT2D eigenvalue weighted by Gasteiger charge is -2.35. The van der Waals surface area contributed by atoms with E-state index in [0.717, 1.165) is 32.4 Å². The Labute approximate surface area is 208 Å². The zero-order chi connectivity index (χ0) is 24.9. The molecular formula is C23H30N8O4S. The molecule has 1 aromatic carbocycles. The minimum atomic E-state index is -4.07. The number of fused-ring (bicyclic) bond motifs is 3. The molecule has 36 heavy (non-hydrogen) atoms. The largest absolute Gasteiger partial charge is 0.393 e. The highest BCUT2D eigenvalue weighted by atomic mass is 32.2. The summed E-state index contributed by atoms with van der Waals surface area (Å²) in [5.74, 6) is 0.243. The van der Waals surface area contributed by atoms with Gasteiger partial charge < -0.3 is 15.7 Å². The highest BCUT2D eigenvalue weighted by Gasteiger charge is 2.44. The predicted molar refractivity (Wildman–Crippen MR) is 131 cm³/mol. The summed E-state index contributed by atoms with van der Waals surface area (Å²) in [5.41, 5.74) is 4.03. The third-order valence-electron chi connectivity index (χ3n) is 8.06. The summed E-state index contributed by atoms with van der Waals surface area (Å²) in [4.78, 5) is 8.94. The molecule has 2 fully saturated rings. The summed E-state index contributed by atoms with van der Waals surface area (Å²) >= 11 is 0. The van der Waals surface area contributed by atoms with Crippen LogP contribution in [0.1, 0.15) is 55.3 Å². The van der Waals surface area contributed by atoms with Crippen molar-refractivity contribution in [2.24, 2.45) is 11.1 Å². The molecule has 6 rings (SSSR count). The second-order valence-corrected chi connectivity index (χ2v) is 11.4. The van der Waals surface area contributed by atoms with Crippen molar-refractivity contribution in [3.8, 4) is 0 Å². The van der Waals surface area contributed by atoms with Crippen molar-refractivity contribution in [2.75, 3.05) is 25.0 Å². The van der Waals surface area contributed by atoms with Gasteiger partial charge in [-0.15, -0.1) is 5.10 Å². The van der Waals surface area contributed by atoms with Gasteiger partial charge >= 0.3 is 10.3 Å². The van der Waals surface area contributed by atoms with Gasteiger partial charge in [0.15, 0.2) is 17.0 Å². The number of hydrogen-bond acceptors (Lipinski definition) is 10. The fraction of sp³-hybridized carbons (Fsp3) is 0.565. The molecule has 1 saturated carbocycles. The van der Waals surface area contributed by atoms with Gasteiger partial charge in [0.05, 0.1) is 24.8 Å². The first-order valence-corrected chi connectivity index (χ1v) is 13.8. The molecule has 3 aromatic rings. The quantitative estimate of drug-likeness (QED) is 0.371. The van der Waals surface area contributed by atoms with Gasteiger partial charge in [-0.1, -0.05) is 29.5 Å². The molecule has 5 N–H and O–H groups in total. The van der Waals surface area contributed by atoms with Crippen molar-refractivity contribution in [3.05, 3.63) is 41.7 Å². The van der Waals surface area contributed by atoms with Crippen LogP contribution in [0.2, 0.25) is 0 Å². The summed E-state index contributed by atoms with van der Waals surface area (Å²) < 4.78 is 28.7. The lowest BCUT2D eigenvalue weighted by Crippen LogP contribution is -2.38. The van der Waals surface area contributed by atoms with Gasteiger partial charge in [-0.3, -0.25) is 4.18 Å². The fourth-order valence-electron chi connectivity index (χ4n) is 6.32. The summed E-state index contributed by atoms with van der Waals surface area (Å²) in [7, 11) is -4.07. The highest BCUT2D eigenvalue weighted by Crippen LogP contribution is 2.51. The first-order valence-electron chi connectivity index (χ1n) is 12.3. The van der Waals surface area contributed by atoms with Crippen molar-refractivity contribution in [1.82, 2.24) is 30.3 Å². The van der Waals surface area contributed by atoms with Crippen LogP contribution < -0.4 is 15.8 Å². The molecular weight excluding hydrogens is 484 g/mol. The molecule has 1 spiro atoms. The lowest BCUT2D eigenvalue weighted by atomic mass is 9.74. The number of rotatable bonds is 6. The van der Waals surface area contributed by atoms with E-state index in [1.54, 1.807) is 4.68 Å². The standard InChI is InChI=1S/C23H30N8O4S/c24-36(33,34)35-12-14-9-15(10-19(14)32)31-22-20(29-30-31)21(26-13-27-22)28-18-11-23(5-7-25-8-6-23)17-4-2-1-3-16(17)18/h1-4,13-15,18-19,25,32H,5-12H2,(H2,24,33,34)(H,26,27,28)/t14-,15+,18-,19-/m0/s1. The molecule has 1 aliphatic heterocycles. The molecule has 12 nitrogen and oxygen atoms in total. The summed E-state index contributed by atoms with van der Waals surface area (Å²) in [5, 5.41) is 31.2. The summed E-state index contributed by atoms with van der Waals surface area (Å²) in [6, 6.07) is 8.57. The average Bonchev–Trinajstić information content (AvgIpc) is 3.53. The molecule has 0 radical (unpaired) electrons. The van der Waals surface area contributed by atoms with E-state index >= 15 is 0 Å². The number of aliphatic hydroxyl groups is 1. The van der Waals surface area contributed by atoms with Crippen molar-refractivity contribution in [2.45, 2.75) is 55.7 Å². The Morgan fingerprint density at radius 3 is 2.83 bits per heavy atom. The van der Waals surface area contributed by atoms with E-state index in [-0.39, 0.29) is 30.0 Å². The Hall–Kier alpha value is -2.71. The molecule has 2 aromatic heterocycles. The average molecular weight is 515 g/mol. The van der Waals surface area contributed by atoms with Crippen LogP contribution >= 0.6 is 0 Å². The molecule has 2 aliphatic carbocycles. The molecule has 3 heterocycles. The minimum Gasteiger partial charge on any atom is -0.393 e. The zero-order valence-corrected chi connectivity index (χ0v) is 20.6. The minimum absolute atomic E-state index is 0.107. The second-order valence-electron chi connectivity index (χ2n) is 10.2. The Kier molecular flexibility index (Phi) is 5.91. The first-order chi connectivity index (χ1) is 17.3. The first kappa shape index (κ1) is 23.7. The van der Waals surface area contributed by atoms with E-state index in [9.17, 15) is 13.5 Å². The van der Waals surface area contributed by atoms with Crippen LogP contribution in [0.5, 0.6) is 0 Å². The molecule has 0 bridgehead atoms. The van der Waals surface area contributed by atoms with Gasteiger partial charge in [-0.05, 0) is 56.3 Å². The van der Waals surface area contributed by atoms with Crippen molar-refractivity contribution >= 4 is 27.3 Å². The number of nitrogens with zero attached hydrogens (tertiary/aromatic N) is 5. The van der Waals surface area contributed by atoms with Crippen molar-refractivity contribution in [3.63, 3.8) is 0 Å². The molecule has 0 amide bonds. The number of aromatic nitrogens is 5. The van der Waals surface area contributed by atoms with Crippen LogP contribution in [0.3, 0.4) is 0 Å². The SMILES string of the molecule is NS(=O)(=O)OC[C@@H]1C[C@@H](n2nnc3c(N[C@H]4CC5(CCNCC5)c5ccccc54)ncnc32)C[C@@H]1O. The summed E-state index contributed by atoms with van der Waals surface area (Å²) in [6.07, 6.45) is 4.82. The molecule has 3 aliphatic rings. The van der Waals surface area contributed by atoms with Gasteiger partial charge in [-0.2, -0.15) is 8.42 Å². The van der Waals surface area contributed by atoms with E-state index < -0.39 is 16.4 Å². The normalized spacial score (nSPS) is 27.5. The maximum atomic E-state index is 11.2. The molecule has 1 saturated heterocycles. The number of nitrogens with one attached hydrogen (secondary N) is 2. The fourth-order valence-corrected chi connectivity index (χ4v) is 6.68. The monoisotopic (exact) mass is 514 g/mol. The number of anilines is 1. The number of aliphatic hydroxyl groups excluding tert-OH is 1. The molecule has 192 valence electrons. The molecule has 0 unspecified atom stereocenters. The van der Waals surface area contributed by atoms with Gasteiger partial charge in [0, 0.05) is 11.3 Å². The molecule has 4 atom stereocenters. The Morgan fingerprint density at radius 1 is 1.22 bits per heavy atom. The maximum absolute atomic E-state index is 11.2. The van der Waals surface area contributed by atoms with Gasteiger partial charge in [0.25, 0.3) is 0 Å². The smallest absolute Gasteiger partial charge is 0.333 e. The number of benzene rings is 1. The topological polar surface area (TPSA) is 170 Å². The maximum Gasteiger partial charge on any atom is 0.333 e. The lowest BCUT2D eigenvalue weighted by molar-refractivity contribution is 0.100. The van der Waals surface area contributed by atoms with Gasteiger partial charge in [0.1, 0.15) is 6.33 Å². The van der Waals surface area contributed by atoms with Crippen LogP contribution in [0.15, 0.2) is 30.6 Å². The van der Waals surface area contributed by atoms with Crippen LogP contribution in [0, 0.1) is 5.92 Å². The number of piperidine rings is 1. The third kappa shape index (κ3) is 4.24. The summed E-state index contributed by atoms with van der Waals surface area (Å²) in [6.45, 7) is 1.86. The van der Waals surface area contributed by atoms with Crippen LogP contribution in [-0.4, -0.2) is 64.3 Å². The Morgan fingerprint density at radius 2 is 2.03 bits per heavy atom. The van der Waals surface area contributed by atoms with Crippen molar-refractivity contribution < 1.29 is 17.7 Å². The van der Waals surface area contributed by atoms with E-state index in [2.05, 4.69) is 55.2 Å². The Balaban J connectivity index is 1.25. The number of nitrogens with two attached hydrogens (primary N) is 1. The van der Waals surface area contributed by atoms with Crippen LogP contribution in [0.25, 0.3) is 11.2 Å². The van der Waals surface area contributed by atoms with Crippen LogP contribution in [0.4, 0.5) is 5.82 Å². The van der Waals surface area contributed by atoms with E-state index in [1.807, 2.05) is 0 Å². The van der Waals surface area contributed by atoms with Crippen LogP contribution in [-0.2, 0) is 19.9 Å². The van der Waals surface area contributed by atoms with E-state index in [4.69, 9.17) is 9.32 Å². The third-order valence-corrected chi connectivity index (χ3v) is 8.52.